The number of piperazine rings is 1. The minimum atomic E-state index is -1.20. The number of nitrogens with zero attached hydrogens (tertiary/aromatic N) is 5. The molecule has 4 heterocycles. The first-order valence-corrected chi connectivity index (χ1v) is 14.1. The Morgan fingerprint density at radius 1 is 1.07 bits per heavy atom. The molecule has 4 rings (SSSR count). The zero-order chi connectivity index (χ0) is 30.1. The van der Waals surface area contributed by atoms with Crippen molar-refractivity contribution in [3.63, 3.8) is 0 Å². The Bertz CT molecular complexity index is 1160. The molecule has 0 saturated carbocycles. The molecule has 0 aliphatic carbocycles. The summed E-state index contributed by atoms with van der Waals surface area (Å²) in [5, 5.41) is 12.4. The fraction of sp³-hybridized carbons (Fsp3) is 0.679. The van der Waals surface area contributed by atoms with E-state index in [0.29, 0.717) is 13.1 Å². The minimum Gasteiger partial charge on any atom is -0.480 e. The van der Waals surface area contributed by atoms with Crippen LogP contribution in [-0.4, -0.2) is 112 Å². The average Bonchev–Trinajstić information content (AvgIpc) is 3.50. The number of alkyl carbamates (subject to hydrolysis) is 1. The number of carboxylic acids is 1. The van der Waals surface area contributed by atoms with Gasteiger partial charge in [-0.2, -0.15) is 0 Å². The summed E-state index contributed by atoms with van der Waals surface area (Å²) in [6.45, 7) is 13.0. The Balaban J connectivity index is 1.38. The SMILES string of the molecule is CC(C)[C@H](NC(=O)OC(C)(C)C)C(=O)N1C[C@H](OC(=O)N2Cc3cnc(N4CCN(C)CC4)cc3C2)C[C@H]1C(=O)O. The summed E-state index contributed by atoms with van der Waals surface area (Å²) < 4.78 is 11.0. The molecular weight excluding hydrogens is 532 g/mol. The number of rotatable bonds is 6. The van der Waals surface area contributed by atoms with E-state index >= 15 is 0 Å². The highest BCUT2D eigenvalue weighted by molar-refractivity contribution is 5.90. The quantitative estimate of drug-likeness (QED) is 0.517. The van der Waals surface area contributed by atoms with Crippen LogP contribution in [0.1, 0.15) is 52.2 Å². The summed E-state index contributed by atoms with van der Waals surface area (Å²) in [7, 11) is 2.10. The second-order valence-electron chi connectivity index (χ2n) is 12.4. The van der Waals surface area contributed by atoms with Gasteiger partial charge >= 0.3 is 18.2 Å². The lowest BCUT2D eigenvalue weighted by Crippen LogP contribution is -2.54. The number of likely N-dealkylation sites (N-methyl/N-ethyl adjacent to an activating group) is 1. The molecule has 13 heteroatoms. The van der Waals surface area contributed by atoms with Crippen molar-refractivity contribution in [3.8, 4) is 0 Å². The molecule has 41 heavy (non-hydrogen) atoms. The molecule has 0 radical (unpaired) electrons. The maximum absolute atomic E-state index is 13.4. The maximum Gasteiger partial charge on any atom is 0.410 e. The van der Waals surface area contributed by atoms with Gasteiger partial charge in [-0.05, 0) is 50.9 Å². The van der Waals surface area contributed by atoms with Crippen molar-refractivity contribution in [2.45, 2.75) is 77.9 Å². The molecule has 3 aliphatic heterocycles. The first-order valence-electron chi connectivity index (χ1n) is 14.1. The highest BCUT2D eigenvalue weighted by Crippen LogP contribution is 2.29. The second-order valence-corrected chi connectivity index (χ2v) is 12.4. The molecule has 226 valence electrons. The third-order valence-corrected chi connectivity index (χ3v) is 7.58. The van der Waals surface area contributed by atoms with E-state index in [9.17, 15) is 24.3 Å². The fourth-order valence-electron chi connectivity index (χ4n) is 5.31. The molecule has 1 aromatic heterocycles. The zero-order valence-corrected chi connectivity index (χ0v) is 24.8. The van der Waals surface area contributed by atoms with Crippen LogP contribution in [-0.2, 0) is 32.2 Å². The molecule has 13 nitrogen and oxygen atoms in total. The largest absolute Gasteiger partial charge is 0.480 e. The Labute approximate surface area is 240 Å². The summed E-state index contributed by atoms with van der Waals surface area (Å²) in [5.41, 5.74) is 1.19. The van der Waals surface area contributed by atoms with Crippen molar-refractivity contribution in [1.82, 2.24) is 25.0 Å². The first-order chi connectivity index (χ1) is 19.2. The van der Waals surface area contributed by atoms with E-state index in [1.165, 1.54) is 4.90 Å². The number of fused-ring (bicyclic) bond motifs is 1. The number of anilines is 1. The van der Waals surface area contributed by atoms with Gasteiger partial charge in [-0.3, -0.25) is 9.69 Å². The van der Waals surface area contributed by atoms with E-state index in [1.807, 2.05) is 6.07 Å². The van der Waals surface area contributed by atoms with Gasteiger partial charge in [0.2, 0.25) is 5.91 Å². The van der Waals surface area contributed by atoms with Gasteiger partial charge in [0.05, 0.1) is 13.1 Å². The number of amides is 3. The third kappa shape index (κ3) is 7.38. The van der Waals surface area contributed by atoms with Crippen LogP contribution in [0.5, 0.6) is 0 Å². The highest BCUT2D eigenvalue weighted by atomic mass is 16.6. The molecule has 2 N–H and O–H groups in total. The van der Waals surface area contributed by atoms with Crippen LogP contribution in [0.4, 0.5) is 15.4 Å². The Morgan fingerprint density at radius 3 is 2.34 bits per heavy atom. The van der Waals surface area contributed by atoms with Crippen LogP contribution in [0.25, 0.3) is 0 Å². The average molecular weight is 575 g/mol. The number of likely N-dealkylation sites (tertiary alicyclic amines) is 1. The number of carbonyl (C=O) groups is 4. The summed E-state index contributed by atoms with van der Waals surface area (Å²) in [4.78, 5) is 62.8. The normalized spacial score (nSPS) is 22.0. The van der Waals surface area contributed by atoms with Crippen LogP contribution in [0, 0.1) is 5.92 Å². The number of ether oxygens (including phenoxy) is 2. The van der Waals surface area contributed by atoms with Crippen LogP contribution in [0.3, 0.4) is 0 Å². The molecule has 3 aliphatic rings. The maximum atomic E-state index is 13.4. The number of aromatic nitrogens is 1. The monoisotopic (exact) mass is 574 g/mol. The molecular formula is C28H42N6O7. The van der Waals surface area contributed by atoms with Crippen LogP contribution in [0.15, 0.2) is 12.3 Å². The molecule has 0 unspecified atom stereocenters. The van der Waals surface area contributed by atoms with Crippen molar-refractivity contribution in [2.75, 3.05) is 44.7 Å². The number of carbonyl (C=O) groups excluding carboxylic acids is 3. The molecule has 1 aromatic rings. The van der Waals surface area contributed by atoms with Crippen molar-refractivity contribution in [1.29, 1.82) is 0 Å². The molecule has 0 spiro atoms. The van der Waals surface area contributed by atoms with Crippen molar-refractivity contribution in [3.05, 3.63) is 23.4 Å². The van der Waals surface area contributed by atoms with Crippen molar-refractivity contribution in [2.24, 2.45) is 5.92 Å². The number of hydrogen-bond donors (Lipinski definition) is 2. The van der Waals surface area contributed by atoms with E-state index in [-0.39, 0.29) is 18.9 Å². The predicted octanol–water partition coefficient (Wildman–Crippen LogP) is 1.89. The summed E-state index contributed by atoms with van der Waals surface area (Å²) in [6, 6.07) is -0.169. The molecule has 0 aromatic carbocycles. The van der Waals surface area contributed by atoms with Gasteiger partial charge in [0, 0.05) is 45.3 Å². The van der Waals surface area contributed by atoms with Gasteiger partial charge in [0.1, 0.15) is 29.6 Å². The molecule has 2 saturated heterocycles. The predicted molar refractivity (Wildman–Crippen MR) is 149 cm³/mol. The Morgan fingerprint density at radius 2 is 1.73 bits per heavy atom. The smallest absolute Gasteiger partial charge is 0.410 e. The fourth-order valence-corrected chi connectivity index (χ4v) is 5.31. The number of nitrogens with one attached hydrogen (secondary N) is 1. The summed E-state index contributed by atoms with van der Waals surface area (Å²) in [6.07, 6.45) is -0.378. The number of hydrogen-bond acceptors (Lipinski definition) is 9. The molecule has 3 atom stereocenters. The van der Waals surface area contributed by atoms with Crippen LogP contribution >= 0.6 is 0 Å². The Kier molecular flexibility index (Phi) is 8.95. The van der Waals surface area contributed by atoms with Gasteiger partial charge < -0.3 is 34.6 Å². The van der Waals surface area contributed by atoms with Gasteiger partial charge in [0.15, 0.2) is 0 Å². The van der Waals surface area contributed by atoms with Crippen LogP contribution < -0.4 is 10.2 Å². The number of carboxylic acid groups (broad SMARTS) is 1. The van der Waals surface area contributed by atoms with Gasteiger partial charge in [-0.1, -0.05) is 13.8 Å². The van der Waals surface area contributed by atoms with Crippen molar-refractivity contribution < 1.29 is 33.8 Å². The Hall–Kier alpha value is -3.61. The van der Waals surface area contributed by atoms with Gasteiger partial charge in [-0.25, -0.2) is 19.4 Å². The molecule has 3 amide bonds. The number of aliphatic carboxylic acids is 1. The van der Waals surface area contributed by atoms with Crippen molar-refractivity contribution >= 4 is 29.9 Å². The molecule has 0 bridgehead atoms. The zero-order valence-electron chi connectivity index (χ0n) is 24.8. The topological polar surface area (TPSA) is 145 Å². The second kappa shape index (κ2) is 12.1. The summed E-state index contributed by atoms with van der Waals surface area (Å²) >= 11 is 0. The first kappa shape index (κ1) is 30.4. The lowest BCUT2D eigenvalue weighted by molar-refractivity contribution is -0.149. The van der Waals surface area contributed by atoms with E-state index in [0.717, 1.165) is 43.1 Å². The van der Waals surface area contributed by atoms with E-state index < -0.39 is 47.9 Å². The lowest BCUT2D eigenvalue weighted by Gasteiger charge is -2.33. The summed E-state index contributed by atoms with van der Waals surface area (Å²) in [5.74, 6) is -1.21. The van der Waals surface area contributed by atoms with E-state index in [1.54, 1.807) is 45.7 Å². The molecule has 2 fully saturated rings. The van der Waals surface area contributed by atoms with E-state index in [2.05, 4.69) is 27.1 Å². The van der Waals surface area contributed by atoms with E-state index in [4.69, 9.17) is 9.47 Å². The number of pyridine rings is 1. The lowest BCUT2D eigenvalue weighted by atomic mass is 10.0. The highest BCUT2D eigenvalue weighted by Gasteiger charge is 2.45. The third-order valence-electron chi connectivity index (χ3n) is 7.58. The van der Waals surface area contributed by atoms with Gasteiger partial charge in [0.25, 0.3) is 0 Å². The standard InChI is InChI=1S/C28H42N6O7/c1-17(2)23(30-26(38)41-28(3,4)5)24(35)34-16-20(12-21(34)25(36)37)40-27(39)33-14-18-11-22(29-13-19(18)15-33)32-9-7-31(6)8-10-32/h11,13,17,20-21,23H,7-10,12,14-16H2,1-6H3,(H,30,38)(H,36,37)/t20-,21+,23+/m1/s1. The van der Waals surface area contributed by atoms with Crippen LogP contribution in [0.2, 0.25) is 0 Å². The van der Waals surface area contributed by atoms with Gasteiger partial charge in [-0.15, -0.1) is 0 Å². The minimum absolute atomic E-state index is 0.0417.